The monoisotopic (exact) mass is 408 g/mol. The maximum atomic E-state index is 13.2. The van der Waals surface area contributed by atoms with Crippen LogP contribution in [0.3, 0.4) is 0 Å². The first-order valence-corrected chi connectivity index (χ1v) is 12.0. The zero-order valence-corrected chi connectivity index (χ0v) is 17.0. The lowest BCUT2D eigenvalue weighted by Crippen LogP contribution is -2.53. The SMILES string of the molecule is O=C(C1CCN(S(=O)(=O)c2ccc(F)cc2)CC1)N1CCC[C@H]2CCCC[C@@H]21. The molecule has 0 bridgehead atoms. The number of carbonyl (C=O) groups excluding carboxylic acids is 1. The van der Waals surface area contributed by atoms with E-state index in [0.29, 0.717) is 37.9 Å². The van der Waals surface area contributed by atoms with Gasteiger partial charge in [0.05, 0.1) is 4.90 Å². The molecule has 0 radical (unpaired) electrons. The van der Waals surface area contributed by atoms with Crippen LogP contribution in [0.5, 0.6) is 0 Å². The summed E-state index contributed by atoms with van der Waals surface area (Å²) in [5, 5.41) is 0. The minimum atomic E-state index is -3.63. The third-order valence-electron chi connectivity index (χ3n) is 6.78. The molecule has 28 heavy (non-hydrogen) atoms. The molecule has 1 aromatic carbocycles. The highest BCUT2D eigenvalue weighted by molar-refractivity contribution is 7.89. The third kappa shape index (κ3) is 3.83. The Morgan fingerprint density at radius 2 is 1.54 bits per heavy atom. The van der Waals surface area contributed by atoms with Gasteiger partial charge in [-0.25, -0.2) is 12.8 Å². The molecule has 2 aliphatic heterocycles. The number of halogens is 1. The summed E-state index contributed by atoms with van der Waals surface area (Å²) in [4.78, 5) is 15.4. The summed E-state index contributed by atoms with van der Waals surface area (Å²) in [6, 6.07) is 5.34. The largest absolute Gasteiger partial charge is 0.339 e. The van der Waals surface area contributed by atoms with Crippen LogP contribution < -0.4 is 0 Å². The number of sulfonamides is 1. The van der Waals surface area contributed by atoms with Crippen molar-refractivity contribution in [3.63, 3.8) is 0 Å². The molecule has 5 nitrogen and oxygen atoms in total. The summed E-state index contributed by atoms with van der Waals surface area (Å²) >= 11 is 0. The van der Waals surface area contributed by atoms with Gasteiger partial charge in [-0.1, -0.05) is 12.8 Å². The van der Waals surface area contributed by atoms with E-state index in [1.807, 2.05) is 0 Å². The molecule has 3 fully saturated rings. The Morgan fingerprint density at radius 1 is 0.893 bits per heavy atom. The van der Waals surface area contributed by atoms with E-state index in [9.17, 15) is 17.6 Å². The second kappa shape index (κ2) is 8.11. The maximum absolute atomic E-state index is 13.2. The molecule has 1 aromatic rings. The Balaban J connectivity index is 1.39. The molecule has 7 heteroatoms. The first-order valence-electron chi connectivity index (χ1n) is 10.5. The third-order valence-corrected chi connectivity index (χ3v) is 8.69. The minimum Gasteiger partial charge on any atom is -0.339 e. The van der Waals surface area contributed by atoms with Crippen molar-refractivity contribution < 1.29 is 17.6 Å². The lowest BCUT2D eigenvalue weighted by Gasteiger charge is -2.46. The number of hydrogen-bond donors (Lipinski definition) is 0. The molecule has 0 unspecified atom stereocenters. The number of rotatable bonds is 3. The molecule has 2 atom stereocenters. The van der Waals surface area contributed by atoms with Crippen LogP contribution in [0.2, 0.25) is 0 Å². The molecule has 154 valence electrons. The molecule has 2 heterocycles. The summed E-state index contributed by atoms with van der Waals surface area (Å²) < 4.78 is 40.1. The number of benzene rings is 1. The van der Waals surface area contributed by atoms with Crippen LogP contribution in [-0.2, 0) is 14.8 Å². The minimum absolute atomic E-state index is 0.0830. The predicted octanol–water partition coefficient (Wildman–Crippen LogP) is 3.41. The maximum Gasteiger partial charge on any atom is 0.243 e. The predicted molar refractivity (Wildman–Crippen MR) is 105 cm³/mol. The Hall–Kier alpha value is -1.47. The van der Waals surface area contributed by atoms with Crippen molar-refractivity contribution in [1.29, 1.82) is 0 Å². The first-order chi connectivity index (χ1) is 13.5. The zero-order chi connectivity index (χ0) is 19.7. The molecule has 1 amide bonds. The van der Waals surface area contributed by atoms with Crippen molar-refractivity contribution in [2.45, 2.75) is 62.3 Å². The van der Waals surface area contributed by atoms with Gasteiger partial charge in [-0.15, -0.1) is 0 Å². The van der Waals surface area contributed by atoms with E-state index < -0.39 is 15.8 Å². The lowest BCUT2D eigenvalue weighted by atomic mass is 9.77. The Morgan fingerprint density at radius 3 is 2.25 bits per heavy atom. The van der Waals surface area contributed by atoms with Gasteiger partial charge in [-0.3, -0.25) is 4.79 Å². The summed E-state index contributed by atoms with van der Waals surface area (Å²) in [6.45, 7) is 1.55. The Labute approximate surface area is 166 Å². The number of amides is 1. The van der Waals surface area contributed by atoms with Crippen LogP contribution in [0.1, 0.15) is 51.4 Å². The van der Waals surface area contributed by atoms with Gasteiger partial charge in [0.15, 0.2) is 0 Å². The van der Waals surface area contributed by atoms with Gasteiger partial charge < -0.3 is 4.90 Å². The number of nitrogens with zero attached hydrogens (tertiary/aromatic N) is 2. The van der Waals surface area contributed by atoms with Crippen LogP contribution in [-0.4, -0.2) is 49.2 Å². The van der Waals surface area contributed by atoms with Gasteiger partial charge in [-0.2, -0.15) is 4.31 Å². The molecule has 3 aliphatic rings. The van der Waals surface area contributed by atoms with Gasteiger partial charge in [0.25, 0.3) is 0 Å². The summed E-state index contributed by atoms with van der Waals surface area (Å²) in [5.74, 6) is 0.354. The van der Waals surface area contributed by atoms with Crippen LogP contribution in [0, 0.1) is 17.7 Å². The summed E-state index contributed by atoms with van der Waals surface area (Å²) in [6.07, 6.45) is 8.30. The highest BCUT2D eigenvalue weighted by Gasteiger charge is 2.39. The fourth-order valence-corrected chi connectivity index (χ4v) is 6.70. The van der Waals surface area contributed by atoms with Crippen LogP contribution >= 0.6 is 0 Å². The molecule has 1 aliphatic carbocycles. The van der Waals surface area contributed by atoms with Crippen LogP contribution in [0.25, 0.3) is 0 Å². The van der Waals surface area contributed by atoms with Gasteiger partial charge >= 0.3 is 0 Å². The van der Waals surface area contributed by atoms with Crippen LogP contribution in [0.15, 0.2) is 29.2 Å². The van der Waals surface area contributed by atoms with Crippen molar-refractivity contribution >= 4 is 15.9 Å². The fraction of sp³-hybridized carbons (Fsp3) is 0.667. The van der Waals surface area contributed by atoms with E-state index in [1.54, 1.807) is 0 Å². The molecule has 4 rings (SSSR count). The topological polar surface area (TPSA) is 57.7 Å². The van der Waals surface area contributed by atoms with Crippen molar-refractivity contribution in [3.05, 3.63) is 30.1 Å². The number of hydrogen-bond acceptors (Lipinski definition) is 3. The fourth-order valence-electron chi connectivity index (χ4n) is 5.23. The molecule has 0 N–H and O–H groups in total. The second-order valence-corrected chi connectivity index (χ2v) is 10.4. The van der Waals surface area contributed by atoms with Gasteiger partial charge in [0.2, 0.25) is 15.9 Å². The smallest absolute Gasteiger partial charge is 0.243 e. The number of carbonyl (C=O) groups is 1. The van der Waals surface area contributed by atoms with E-state index in [1.165, 1.54) is 54.3 Å². The van der Waals surface area contributed by atoms with Gasteiger partial charge in [-0.05, 0) is 68.7 Å². The Bertz CT molecular complexity index is 801. The highest BCUT2D eigenvalue weighted by atomic mass is 32.2. The lowest BCUT2D eigenvalue weighted by molar-refractivity contribution is -0.143. The van der Waals surface area contributed by atoms with E-state index >= 15 is 0 Å². The molecule has 0 spiro atoms. The normalized spacial score (nSPS) is 27.4. The molecule has 2 saturated heterocycles. The van der Waals surface area contributed by atoms with E-state index in [0.717, 1.165) is 19.4 Å². The second-order valence-electron chi connectivity index (χ2n) is 8.42. The molecular formula is C21H29FN2O3S. The van der Waals surface area contributed by atoms with Crippen molar-refractivity contribution in [2.24, 2.45) is 11.8 Å². The quantitative estimate of drug-likeness (QED) is 0.770. The number of likely N-dealkylation sites (tertiary alicyclic amines) is 1. The van der Waals surface area contributed by atoms with Crippen molar-refractivity contribution in [1.82, 2.24) is 9.21 Å². The Kier molecular flexibility index (Phi) is 5.74. The van der Waals surface area contributed by atoms with E-state index in [4.69, 9.17) is 0 Å². The molecular weight excluding hydrogens is 379 g/mol. The number of fused-ring (bicyclic) bond motifs is 1. The van der Waals surface area contributed by atoms with Crippen molar-refractivity contribution in [3.8, 4) is 0 Å². The van der Waals surface area contributed by atoms with E-state index in [2.05, 4.69) is 4.90 Å². The van der Waals surface area contributed by atoms with Gasteiger partial charge in [0.1, 0.15) is 5.82 Å². The van der Waals surface area contributed by atoms with E-state index in [-0.39, 0.29) is 16.7 Å². The first kappa shape index (κ1) is 19.8. The average molecular weight is 409 g/mol. The summed E-state index contributed by atoms with van der Waals surface area (Å²) in [5.41, 5.74) is 0. The average Bonchev–Trinajstić information content (AvgIpc) is 2.73. The highest BCUT2D eigenvalue weighted by Crippen LogP contribution is 2.37. The number of piperidine rings is 2. The van der Waals surface area contributed by atoms with Gasteiger partial charge in [0, 0.05) is 31.6 Å². The van der Waals surface area contributed by atoms with Crippen LogP contribution in [0.4, 0.5) is 4.39 Å². The van der Waals surface area contributed by atoms with Crippen molar-refractivity contribution in [2.75, 3.05) is 19.6 Å². The standard InChI is InChI=1S/C21H29FN2O3S/c22-18-7-9-19(10-8-18)28(26,27)23-14-11-17(12-15-23)21(25)24-13-3-5-16-4-1-2-6-20(16)24/h7-10,16-17,20H,1-6,11-15H2/t16-,20+/m1/s1. The zero-order valence-electron chi connectivity index (χ0n) is 16.2. The molecule has 0 aromatic heterocycles. The molecule has 1 saturated carbocycles. The summed E-state index contributed by atoms with van der Waals surface area (Å²) in [7, 11) is -3.63.